The van der Waals surface area contributed by atoms with Gasteiger partial charge in [-0.3, -0.25) is 4.99 Å². The summed E-state index contributed by atoms with van der Waals surface area (Å²) in [7, 11) is 0. The molecule has 0 radical (unpaired) electrons. The fourth-order valence-electron chi connectivity index (χ4n) is 1.27. The largest absolute Gasteiger partial charge is 0.265 e. The summed E-state index contributed by atoms with van der Waals surface area (Å²) in [6, 6.07) is 0. The predicted molar refractivity (Wildman–Crippen MR) is 64.8 cm³/mol. The van der Waals surface area contributed by atoms with Crippen LogP contribution >= 0.6 is 11.8 Å². The zero-order chi connectivity index (χ0) is 10.1. The smallest absolute Gasteiger partial charge is 0.0489 e. The summed E-state index contributed by atoms with van der Waals surface area (Å²) in [5.41, 5.74) is 1.25. The minimum absolute atomic E-state index is 0.584. The average Bonchev–Trinajstić information content (AvgIpc) is 2.14. The van der Waals surface area contributed by atoms with Crippen LogP contribution in [0.1, 0.15) is 40.0 Å². The van der Waals surface area contributed by atoms with Crippen LogP contribution in [0.15, 0.2) is 16.8 Å². The Hall–Kier alpha value is -0.240. The molecule has 0 saturated heterocycles. The molecule has 0 aliphatic rings. The minimum atomic E-state index is 0.584. The van der Waals surface area contributed by atoms with Crippen molar-refractivity contribution in [1.82, 2.24) is 0 Å². The highest BCUT2D eigenvalue weighted by molar-refractivity contribution is 7.99. The number of thioether (sulfide) groups is 1. The van der Waals surface area contributed by atoms with Crippen molar-refractivity contribution in [3.8, 4) is 0 Å². The summed E-state index contributed by atoms with van der Waals surface area (Å²) in [5.74, 6) is 0. The van der Waals surface area contributed by atoms with Crippen molar-refractivity contribution < 1.29 is 0 Å². The van der Waals surface area contributed by atoms with Crippen molar-refractivity contribution in [2.45, 2.75) is 45.3 Å². The molecule has 0 aromatic rings. The number of hydrogen-bond donors (Lipinski definition) is 0. The topological polar surface area (TPSA) is 12.4 Å². The Bertz CT molecular complexity index is 173. The summed E-state index contributed by atoms with van der Waals surface area (Å²) >= 11 is 1.90. The molecule has 13 heavy (non-hydrogen) atoms. The van der Waals surface area contributed by atoms with Gasteiger partial charge < -0.3 is 0 Å². The number of hydrogen-bond acceptors (Lipinski definition) is 2. The highest BCUT2D eigenvalue weighted by Crippen LogP contribution is 2.22. The second kappa shape index (κ2) is 8.36. The Morgan fingerprint density at radius 1 is 1.46 bits per heavy atom. The van der Waals surface area contributed by atoms with Gasteiger partial charge in [0.2, 0.25) is 0 Å². The summed E-state index contributed by atoms with van der Waals surface area (Å²) in [6.45, 7) is 6.36. The van der Waals surface area contributed by atoms with E-state index in [1.165, 1.54) is 18.5 Å². The van der Waals surface area contributed by atoms with Crippen molar-refractivity contribution in [2.24, 2.45) is 4.99 Å². The van der Waals surface area contributed by atoms with Crippen LogP contribution in [0.3, 0.4) is 0 Å². The molecule has 0 rings (SSSR count). The van der Waals surface area contributed by atoms with Gasteiger partial charge in [0.1, 0.15) is 0 Å². The first kappa shape index (κ1) is 12.8. The molecule has 0 heterocycles. The zero-order valence-electron chi connectivity index (χ0n) is 9.21. The van der Waals surface area contributed by atoms with Crippen molar-refractivity contribution in [3.05, 3.63) is 11.8 Å². The van der Waals surface area contributed by atoms with E-state index in [0.29, 0.717) is 5.25 Å². The molecule has 0 saturated carbocycles. The molecule has 0 fully saturated rings. The van der Waals surface area contributed by atoms with Gasteiger partial charge in [-0.25, -0.2) is 0 Å². The third kappa shape index (κ3) is 5.14. The molecule has 0 aromatic carbocycles. The van der Waals surface area contributed by atoms with Crippen LogP contribution in [0.4, 0.5) is 0 Å². The normalized spacial score (nSPS) is 15.2. The molecule has 1 nitrogen and oxygen atoms in total. The average molecular weight is 199 g/mol. The summed E-state index contributed by atoms with van der Waals surface area (Å²) in [5, 5.41) is 0.584. The molecule has 2 heteroatoms. The van der Waals surface area contributed by atoms with Crippen molar-refractivity contribution in [3.63, 3.8) is 0 Å². The fraction of sp³-hybridized carbons (Fsp3) is 0.727. The molecule has 0 bridgehead atoms. The Balaban J connectivity index is 4.38. The molecular weight excluding hydrogens is 178 g/mol. The lowest BCUT2D eigenvalue weighted by Crippen LogP contribution is -2.04. The van der Waals surface area contributed by atoms with Gasteiger partial charge >= 0.3 is 0 Å². The maximum atomic E-state index is 4.42. The first-order valence-corrected chi connectivity index (χ1v) is 6.30. The first-order valence-electron chi connectivity index (χ1n) is 5.01. The van der Waals surface area contributed by atoms with Gasteiger partial charge in [0.25, 0.3) is 0 Å². The zero-order valence-corrected chi connectivity index (χ0v) is 10.0. The van der Waals surface area contributed by atoms with E-state index >= 15 is 0 Å². The standard InChI is InChI=1S/C11H21NS/c1-5-8-10(12-7-3)11(13-4)9-6-2/h7-8,11H,5-6,9H2,1-4H3/b10-8+,12-7-. The number of rotatable bonds is 6. The van der Waals surface area contributed by atoms with E-state index in [9.17, 15) is 0 Å². The Morgan fingerprint density at radius 2 is 2.15 bits per heavy atom. The Morgan fingerprint density at radius 3 is 2.54 bits per heavy atom. The quantitative estimate of drug-likeness (QED) is 0.591. The van der Waals surface area contributed by atoms with Gasteiger partial charge in [-0.05, 0) is 26.0 Å². The van der Waals surface area contributed by atoms with E-state index < -0.39 is 0 Å². The minimum Gasteiger partial charge on any atom is -0.265 e. The Kier molecular flexibility index (Phi) is 8.21. The summed E-state index contributed by atoms with van der Waals surface area (Å²) < 4.78 is 0. The second-order valence-corrected chi connectivity index (χ2v) is 3.98. The summed E-state index contributed by atoms with van der Waals surface area (Å²) in [6.07, 6.45) is 9.82. The van der Waals surface area contributed by atoms with E-state index in [1.807, 2.05) is 24.9 Å². The molecule has 1 unspecified atom stereocenters. The highest BCUT2D eigenvalue weighted by atomic mass is 32.2. The van der Waals surface area contributed by atoms with E-state index in [2.05, 4.69) is 31.2 Å². The molecule has 0 N–H and O–H groups in total. The van der Waals surface area contributed by atoms with Crippen LogP contribution in [0.2, 0.25) is 0 Å². The molecule has 0 aliphatic heterocycles. The molecule has 76 valence electrons. The third-order valence-corrected chi connectivity index (χ3v) is 2.90. The molecule has 1 atom stereocenters. The van der Waals surface area contributed by atoms with Crippen LogP contribution in [0.25, 0.3) is 0 Å². The number of nitrogens with zero attached hydrogens (tertiary/aromatic N) is 1. The van der Waals surface area contributed by atoms with Gasteiger partial charge in [-0.15, -0.1) is 0 Å². The lowest BCUT2D eigenvalue weighted by atomic mass is 10.2. The van der Waals surface area contributed by atoms with Crippen molar-refractivity contribution >= 4 is 18.0 Å². The maximum absolute atomic E-state index is 4.42. The number of aliphatic imine (C=N–C) groups is 1. The van der Waals surface area contributed by atoms with E-state index in [-0.39, 0.29) is 0 Å². The monoisotopic (exact) mass is 199 g/mol. The van der Waals surface area contributed by atoms with Crippen LogP contribution in [0, 0.1) is 0 Å². The van der Waals surface area contributed by atoms with Crippen molar-refractivity contribution in [1.29, 1.82) is 0 Å². The second-order valence-electron chi connectivity index (χ2n) is 2.94. The van der Waals surface area contributed by atoms with Crippen LogP contribution in [-0.2, 0) is 0 Å². The van der Waals surface area contributed by atoms with Gasteiger partial charge in [0, 0.05) is 17.2 Å². The van der Waals surface area contributed by atoms with E-state index in [0.717, 1.165) is 6.42 Å². The SMILES string of the molecule is C/C=N\C(=C\CC)C(CCC)SC. The fourth-order valence-corrected chi connectivity index (χ4v) is 2.14. The molecule has 0 amide bonds. The molecule has 0 aromatic heterocycles. The third-order valence-electron chi connectivity index (χ3n) is 1.86. The van der Waals surface area contributed by atoms with Crippen LogP contribution < -0.4 is 0 Å². The molecule has 0 aliphatic carbocycles. The van der Waals surface area contributed by atoms with Crippen LogP contribution in [0.5, 0.6) is 0 Å². The molecular formula is C11H21NS. The first-order chi connectivity index (χ1) is 6.29. The van der Waals surface area contributed by atoms with Gasteiger partial charge in [0.15, 0.2) is 0 Å². The lowest BCUT2D eigenvalue weighted by molar-refractivity contribution is 0.794. The van der Waals surface area contributed by atoms with Gasteiger partial charge in [-0.2, -0.15) is 11.8 Å². The molecule has 0 spiro atoms. The van der Waals surface area contributed by atoms with E-state index in [4.69, 9.17) is 0 Å². The highest BCUT2D eigenvalue weighted by Gasteiger charge is 2.09. The lowest BCUT2D eigenvalue weighted by Gasteiger charge is -2.13. The predicted octanol–water partition coefficient (Wildman–Crippen LogP) is 3.90. The number of allylic oxidation sites excluding steroid dienone is 1. The summed E-state index contributed by atoms with van der Waals surface area (Å²) in [4.78, 5) is 4.42. The van der Waals surface area contributed by atoms with Crippen molar-refractivity contribution in [2.75, 3.05) is 6.26 Å². The van der Waals surface area contributed by atoms with E-state index in [1.54, 1.807) is 0 Å². The van der Waals surface area contributed by atoms with Crippen LogP contribution in [-0.4, -0.2) is 17.7 Å². The maximum Gasteiger partial charge on any atom is 0.0489 e. The van der Waals surface area contributed by atoms with Gasteiger partial charge in [0.05, 0.1) is 0 Å². The van der Waals surface area contributed by atoms with Gasteiger partial charge in [-0.1, -0.05) is 26.3 Å². The Labute approximate surface area is 86.7 Å².